The maximum absolute atomic E-state index is 11.4. The van der Waals surface area contributed by atoms with Gasteiger partial charge in [0.1, 0.15) is 0 Å². The molecule has 18 heavy (non-hydrogen) atoms. The van der Waals surface area contributed by atoms with Crippen LogP contribution in [0.3, 0.4) is 0 Å². The van der Waals surface area contributed by atoms with Gasteiger partial charge in [0.2, 0.25) is 5.91 Å². The third-order valence-corrected chi connectivity index (χ3v) is 2.19. The summed E-state index contributed by atoms with van der Waals surface area (Å²) in [4.78, 5) is 22.6. The first-order chi connectivity index (χ1) is 8.17. The van der Waals surface area contributed by atoms with Gasteiger partial charge in [-0.3, -0.25) is 4.79 Å². The van der Waals surface area contributed by atoms with E-state index in [2.05, 4.69) is 15.4 Å². The van der Waals surface area contributed by atoms with Crippen LogP contribution in [0.5, 0.6) is 0 Å². The van der Waals surface area contributed by atoms with Crippen molar-refractivity contribution in [1.82, 2.24) is 5.32 Å². The average molecular weight is 273 g/mol. The maximum atomic E-state index is 11.4. The predicted octanol–water partition coefficient (Wildman–Crippen LogP) is 1.44. The van der Waals surface area contributed by atoms with E-state index in [1.54, 1.807) is 31.3 Å². The first-order valence-electron chi connectivity index (χ1n) is 5.30. The lowest BCUT2D eigenvalue weighted by Gasteiger charge is -2.05. The predicted molar refractivity (Wildman–Crippen MR) is 72.2 cm³/mol. The molecule has 1 aromatic rings. The molecule has 0 aliphatic carbocycles. The van der Waals surface area contributed by atoms with Gasteiger partial charge in [-0.25, -0.2) is 4.79 Å². The Morgan fingerprint density at radius 1 is 1.22 bits per heavy atom. The van der Waals surface area contributed by atoms with Crippen LogP contribution in [0.2, 0.25) is 0 Å². The number of carbonyl (C=O) groups excluding carboxylic acids is 2. The minimum absolute atomic E-state index is 0. The molecule has 0 aliphatic rings. The molecule has 2 N–H and O–H groups in total. The Morgan fingerprint density at radius 2 is 1.83 bits per heavy atom. The molecule has 0 atom stereocenters. The van der Waals surface area contributed by atoms with Crippen LogP contribution in [0.4, 0.5) is 5.69 Å². The fourth-order valence-corrected chi connectivity index (χ4v) is 1.27. The normalized spacial score (nSPS) is 9.22. The summed E-state index contributed by atoms with van der Waals surface area (Å²) in [6, 6.07) is 6.56. The van der Waals surface area contributed by atoms with Gasteiger partial charge in [-0.2, -0.15) is 0 Å². The number of benzene rings is 1. The summed E-state index contributed by atoms with van der Waals surface area (Å²) in [5.41, 5.74) is 1.12. The van der Waals surface area contributed by atoms with E-state index in [1.807, 2.05) is 0 Å². The molecule has 5 nitrogen and oxygen atoms in total. The first-order valence-corrected chi connectivity index (χ1v) is 5.30. The molecule has 0 saturated carbocycles. The fourth-order valence-electron chi connectivity index (χ4n) is 1.27. The van der Waals surface area contributed by atoms with Gasteiger partial charge in [-0.1, -0.05) is 0 Å². The van der Waals surface area contributed by atoms with Crippen molar-refractivity contribution >= 4 is 30.0 Å². The van der Waals surface area contributed by atoms with Crippen LogP contribution in [0, 0.1) is 0 Å². The molecule has 0 fully saturated rings. The summed E-state index contributed by atoms with van der Waals surface area (Å²) in [7, 11) is 3.12. The second-order valence-corrected chi connectivity index (χ2v) is 3.47. The first kappa shape index (κ1) is 16.4. The molecule has 0 unspecified atom stereocenters. The number of amides is 1. The van der Waals surface area contributed by atoms with E-state index in [4.69, 9.17) is 0 Å². The third kappa shape index (κ3) is 5.16. The number of hydrogen-bond donors (Lipinski definition) is 2. The number of carbonyl (C=O) groups is 2. The molecule has 1 amide bonds. The Kier molecular flexibility index (Phi) is 7.74. The lowest BCUT2D eigenvalue weighted by Crippen LogP contribution is -2.18. The molecule has 1 aromatic carbocycles. The molecule has 0 aliphatic heterocycles. The molecule has 100 valence electrons. The molecule has 0 saturated heterocycles. The number of halogens is 1. The minimum Gasteiger partial charge on any atom is -0.465 e. The molecule has 1 rings (SSSR count). The van der Waals surface area contributed by atoms with Crippen LogP contribution in [0.1, 0.15) is 16.8 Å². The van der Waals surface area contributed by atoms with Gasteiger partial charge in [0, 0.05) is 18.7 Å². The third-order valence-electron chi connectivity index (χ3n) is 2.19. The standard InChI is InChI=1S/C12H16N2O3.ClH/c1-13-8-7-11(15)14-10-5-3-9(4-6-10)12(16)17-2;/h3-6,13H,7-8H2,1-2H3,(H,14,15);1H. The highest BCUT2D eigenvalue weighted by molar-refractivity contribution is 5.93. The van der Waals surface area contributed by atoms with Crippen LogP contribution in [0.25, 0.3) is 0 Å². The van der Waals surface area contributed by atoms with Crippen LogP contribution in [-0.2, 0) is 9.53 Å². The van der Waals surface area contributed by atoms with Crippen molar-refractivity contribution in [2.45, 2.75) is 6.42 Å². The van der Waals surface area contributed by atoms with Gasteiger partial charge >= 0.3 is 5.97 Å². The molecular formula is C12H17ClN2O3. The van der Waals surface area contributed by atoms with Crippen molar-refractivity contribution in [1.29, 1.82) is 0 Å². The van der Waals surface area contributed by atoms with Crippen molar-refractivity contribution in [2.75, 3.05) is 26.0 Å². The number of esters is 1. The summed E-state index contributed by atoms with van der Waals surface area (Å²) in [5.74, 6) is -0.455. The van der Waals surface area contributed by atoms with Crippen molar-refractivity contribution in [3.63, 3.8) is 0 Å². The fraction of sp³-hybridized carbons (Fsp3) is 0.333. The summed E-state index contributed by atoms with van der Waals surface area (Å²) >= 11 is 0. The lowest BCUT2D eigenvalue weighted by molar-refractivity contribution is -0.116. The zero-order valence-corrected chi connectivity index (χ0v) is 11.2. The number of hydrogen-bond acceptors (Lipinski definition) is 4. The zero-order valence-electron chi connectivity index (χ0n) is 10.4. The number of ether oxygens (including phenoxy) is 1. The topological polar surface area (TPSA) is 67.4 Å². The van der Waals surface area contributed by atoms with Gasteiger partial charge in [0.15, 0.2) is 0 Å². The van der Waals surface area contributed by atoms with Crippen LogP contribution in [-0.4, -0.2) is 32.6 Å². The Morgan fingerprint density at radius 3 is 2.33 bits per heavy atom. The molecule has 0 bridgehead atoms. The summed E-state index contributed by atoms with van der Waals surface area (Å²) < 4.78 is 4.58. The van der Waals surface area contributed by atoms with Gasteiger partial charge in [0.05, 0.1) is 12.7 Å². The number of anilines is 1. The highest BCUT2D eigenvalue weighted by Crippen LogP contribution is 2.10. The van der Waals surface area contributed by atoms with E-state index < -0.39 is 5.97 Å². The second kappa shape index (κ2) is 8.49. The largest absolute Gasteiger partial charge is 0.465 e. The van der Waals surface area contributed by atoms with Crippen molar-refractivity contribution in [3.05, 3.63) is 29.8 Å². The summed E-state index contributed by atoms with van der Waals surface area (Å²) in [6.45, 7) is 0.631. The number of rotatable bonds is 5. The van der Waals surface area contributed by atoms with E-state index in [1.165, 1.54) is 7.11 Å². The Hall–Kier alpha value is -1.59. The monoisotopic (exact) mass is 272 g/mol. The Bertz CT molecular complexity index is 393. The van der Waals surface area contributed by atoms with Gasteiger partial charge in [0.25, 0.3) is 0 Å². The summed E-state index contributed by atoms with van der Waals surface area (Å²) in [6.07, 6.45) is 0.412. The molecule has 0 heterocycles. The molecule has 0 radical (unpaired) electrons. The van der Waals surface area contributed by atoms with Crippen molar-refractivity contribution in [2.24, 2.45) is 0 Å². The highest BCUT2D eigenvalue weighted by atomic mass is 35.5. The van der Waals surface area contributed by atoms with E-state index >= 15 is 0 Å². The molecular weight excluding hydrogens is 256 g/mol. The summed E-state index contributed by atoms with van der Waals surface area (Å²) in [5, 5.41) is 5.62. The van der Waals surface area contributed by atoms with E-state index in [0.717, 1.165) is 0 Å². The molecule has 6 heteroatoms. The lowest BCUT2D eigenvalue weighted by atomic mass is 10.2. The van der Waals surface area contributed by atoms with Crippen molar-refractivity contribution in [3.8, 4) is 0 Å². The number of nitrogens with one attached hydrogen (secondary N) is 2. The van der Waals surface area contributed by atoms with E-state index in [0.29, 0.717) is 24.2 Å². The van der Waals surface area contributed by atoms with Gasteiger partial charge < -0.3 is 15.4 Å². The van der Waals surface area contributed by atoms with Gasteiger partial charge in [-0.05, 0) is 31.3 Å². The van der Waals surface area contributed by atoms with Crippen LogP contribution in [0.15, 0.2) is 24.3 Å². The second-order valence-electron chi connectivity index (χ2n) is 3.47. The minimum atomic E-state index is -0.391. The SMILES string of the molecule is CNCCC(=O)Nc1ccc(C(=O)OC)cc1.Cl. The van der Waals surface area contributed by atoms with E-state index in [9.17, 15) is 9.59 Å². The maximum Gasteiger partial charge on any atom is 0.337 e. The highest BCUT2D eigenvalue weighted by Gasteiger charge is 2.05. The zero-order chi connectivity index (χ0) is 12.7. The Labute approximate surface area is 112 Å². The van der Waals surface area contributed by atoms with Crippen LogP contribution >= 0.6 is 12.4 Å². The number of methoxy groups -OCH3 is 1. The van der Waals surface area contributed by atoms with Crippen molar-refractivity contribution < 1.29 is 14.3 Å². The Balaban J connectivity index is 0.00000289. The molecule has 0 aromatic heterocycles. The van der Waals surface area contributed by atoms with E-state index in [-0.39, 0.29) is 18.3 Å². The average Bonchev–Trinajstić information content (AvgIpc) is 2.36. The molecule has 0 spiro atoms. The smallest absolute Gasteiger partial charge is 0.337 e. The van der Waals surface area contributed by atoms with Gasteiger partial charge in [-0.15, -0.1) is 12.4 Å². The quantitative estimate of drug-likeness (QED) is 0.796. The van der Waals surface area contributed by atoms with Crippen LogP contribution < -0.4 is 10.6 Å².